The molecule has 1 unspecified atom stereocenters. The van der Waals surface area contributed by atoms with Crippen LogP contribution in [0.3, 0.4) is 0 Å². The first kappa shape index (κ1) is 22.5. The van der Waals surface area contributed by atoms with Crippen LogP contribution in [-0.4, -0.2) is 30.2 Å². The van der Waals surface area contributed by atoms with Gasteiger partial charge in [0.25, 0.3) is 0 Å². The maximum atomic E-state index is 12.8. The van der Waals surface area contributed by atoms with Gasteiger partial charge in [0.05, 0.1) is 7.11 Å². The van der Waals surface area contributed by atoms with E-state index in [1.807, 2.05) is 59.1 Å². The lowest BCUT2D eigenvalue weighted by Gasteiger charge is -2.25. The summed E-state index contributed by atoms with van der Waals surface area (Å²) < 4.78 is 11.6. The van der Waals surface area contributed by atoms with Gasteiger partial charge in [0.1, 0.15) is 12.0 Å². The third kappa shape index (κ3) is 6.18. The predicted octanol–water partition coefficient (Wildman–Crippen LogP) is 6.21. The molecule has 30 heavy (non-hydrogen) atoms. The molecule has 0 N–H and O–H groups in total. The molecular formula is C25H33NO3S. The molecule has 0 aromatic heterocycles. The second-order valence-corrected chi connectivity index (χ2v) is 8.85. The highest BCUT2D eigenvalue weighted by Gasteiger charge is 2.30. The molecule has 162 valence electrons. The van der Waals surface area contributed by atoms with Crippen LogP contribution < -0.4 is 9.47 Å². The number of hydrogen-bond acceptors (Lipinski definition) is 4. The molecular weight excluding hydrogens is 394 g/mol. The Labute approximate surface area is 184 Å². The van der Waals surface area contributed by atoms with Crippen molar-refractivity contribution in [1.29, 1.82) is 0 Å². The largest absolute Gasteiger partial charge is 0.493 e. The third-order valence-electron chi connectivity index (χ3n) is 5.42. The molecule has 0 radical (unpaired) electrons. The fourth-order valence-corrected chi connectivity index (χ4v) is 4.99. The Kier molecular flexibility index (Phi) is 8.94. The number of carbonyl (C=O) groups excluding carboxylic acids is 1. The van der Waals surface area contributed by atoms with Gasteiger partial charge in [-0.2, -0.15) is 0 Å². The lowest BCUT2D eigenvalue weighted by molar-refractivity contribution is -0.131. The van der Waals surface area contributed by atoms with E-state index in [1.165, 1.54) is 19.3 Å². The molecule has 1 aliphatic rings. The van der Waals surface area contributed by atoms with E-state index >= 15 is 0 Å². The summed E-state index contributed by atoms with van der Waals surface area (Å²) in [5.74, 6) is 2.67. The van der Waals surface area contributed by atoms with Crippen molar-refractivity contribution in [2.75, 3.05) is 19.4 Å². The number of benzene rings is 2. The molecule has 1 saturated heterocycles. The number of methoxy groups -OCH3 is 1. The minimum Gasteiger partial charge on any atom is -0.493 e. The van der Waals surface area contributed by atoms with Crippen LogP contribution in [0.25, 0.3) is 0 Å². The Bertz CT molecular complexity index is 796. The normalized spacial score (nSPS) is 15.9. The summed E-state index contributed by atoms with van der Waals surface area (Å²) >= 11 is 1.82. The fourth-order valence-electron chi connectivity index (χ4n) is 3.72. The molecule has 0 spiro atoms. The number of carbonyl (C=O) groups is 1. The van der Waals surface area contributed by atoms with Crippen molar-refractivity contribution in [3.63, 3.8) is 0 Å². The molecule has 0 saturated carbocycles. The smallest absolute Gasteiger partial charge is 0.223 e. The molecule has 5 heteroatoms. The van der Waals surface area contributed by atoms with Gasteiger partial charge in [-0.3, -0.25) is 4.79 Å². The molecule has 1 aliphatic heterocycles. The Balaban J connectivity index is 1.65. The van der Waals surface area contributed by atoms with Gasteiger partial charge in [0, 0.05) is 18.7 Å². The number of thioether (sulfide) groups is 1. The molecule has 1 atom stereocenters. The monoisotopic (exact) mass is 427 g/mol. The second kappa shape index (κ2) is 11.9. The number of ether oxygens (including phenoxy) is 2. The fraction of sp³-hybridized carbons (Fsp3) is 0.480. The van der Waals surface area contributed by atoms with Gasteiger partial charge < -0.3 is 14.4 Å². The first-order valence-electron chi connectivity index (χ1n) is 11.0. The molecule has 1 amide bonds. The molecule has 0 bridgehead atoms. The van der Waals surface area contributed by atoms with Gasteiger partial charge in [0.15, 0.2) is 11.5 Å². The van der Waals surface area contributed by atoms with E-state index in [2.05, 4.69) is 13.0 Å². The summed E-state index contributed by atoms with van der Waals surface area (Å²) in [6.45, 7) is 3.51. The van der Waals surface area contributed by atoms with E-state index in [4.69, 9.17) is 9.47 Å². The summed E-state index contributed by atoms with van der Waals surface area (Å²) in [6, 6.07) is 16.1. The van der Waals surface area contributed by atoms with Crippen LogP contribution in [0.4, 0.5) is 0 Å². The summed E-state index contributed by atoms with van der Waals surface area (Å²) in [4.78, 5) is 14.9. The molecule has 0 aliphatic carbocycles. The number of nitrogens with zero attached hydrogens (tertiary/aromatic N) is 1. The highest BCUT2D eigenvalue weighted by Crippen LogP contribution is 2.41. The Morgan fingerprint density at radius 3 is 2.63 bits per heavy atom. The average molecular weight is 428 g/mol. The third-order valence-corrected chi connectivity index (χ3v) is 6.68. The van der Waals surface area contributed by atoms with Crippen LogP contribution in [-0.2, 0) is 11.4 Å². The number of unbranched alkanes of at least 4 members (excludes halogenated alkanes) is 4. The maximum Gasteiger partial charge on any atom is 0.223 e. The maximum absolute atomic E-state index is 12.8. The quantitative estimate of drug-likeness (QED) is 0.400. The van der Waals surface area contributed by atoms with Gasteiger partial charge in [0.2, 0.25) is 5.91 Å². The zero-order valence-corrected chi connectivity index (χ0v) is 19.0. The topological polar surface area (TPSA) is 38.8 Å². The van der Waals surface area contributed by atoms with Crippen LogP contribution in [0.5, 0.6) is 11.5 Å². The zero-order valence-electron chi connectivity index (χ0n) is 18.1. The number of hydrogen-bond donors (Lipinski definition) is 0. The van der Waals surface area contributed by atoms with Gasteiger partial charge in [-0.25, -0.2) is 0 Å². The zero-order chi connectivity index (χ0) is 21.2. The van der Waals surface area contributed by atoms with E-state index in [1.54, 1.807) is 7.11 Å². The first-order valence-corrected chi connectivity index (χ1v) is 12.0. The van der Waals surface area contributed by atoms with Crippen molar-refractivity contribution in [3.05, 3.63) is 59.7 Å². The van der Waals surface area contributed by atoms with Crippen LogP contribution in [0.15, 0.2) is 48.5 Å². The Morgan fingerprint density at radius 1 is 1.07 bits per heavy atom. The number of rotatable bonds is 11. The average Bonchev–Trinajstić information content (AvgIpc) is 3.28. The van der Waals surface area contributed by atoms with Crippen LogP contribution in [0.1, 0.15) is 61.9 Å². The van der Waals surface area contributed by atoms with Crippen LogP contribution in [0.2, 0.25) is 0 Å². The molecule has 1 heterocycles. The summed E-state index contributed by atoms with van der Waals surface area (Å²) in [5, 5.41) is 0.0538. The van der Waals surface area contributed by atoms with Gasteiger partial charge in [-0.15, -0.1) is 11.8 Å². The van der Waals surface area contributed by atoms with Crippen molar-refractivity contribution in [3.8, 4) is 11.5 Å². The van der Waals surface area contributed by atoms with Crippen molar-refractivity contribution in [2.45, 2.75) is 57.4 Å². The minimum absolute atomic E-state index is 0.0538. The Hall–Kier alpha value is -2.14. The minimum atomic E-state index is 0.0538. The second-order valence-electron chi connectivity index (χ2n) is 7.66. The summed E-state index contributed by atoms with van der Waals surface area (Å²) in [7, 11) is 1.66. The van der Waals surface area contributed by atoms with Gasteiger partial charge >= 0.3 is 0 Å². The van der Waals surface area contributed by atoms with Gasteiger partial charge in [-0.1, -0.05) is 69.0 Å². The van der Waals surface area contributed by atoms with Crippen molar-refractivity contribution in [2.24, 2.45) is 0 Å². The lowest BCUT2D eigenvalue weighted by Crippen LogP contribution is -2.30. The Morgan fingerprint density at radius 2 is 1.87 bits per heavy atom. The van der Waals surface area contributed by atoms with E-state index in [-0.39, 0.29) is 11.3 Å². The van der Waals surface area contributed by atoms with E-state index < -0.39 is 0 Å². The summed E-state index contributed by atoms with van der Waals surface area (Å²) in [5.41, 5.74) is 2.21. The van der Waals surface area contributed by atoms with Crippen molar-refractivity contribution in [1.82, 2.24) is 4.90 Å². The SMILES string of the molecule is CCCCCCCC(=O)N1CCSC1c1ccc(OC)c(OCc2ccccc2)c1. The predicted molar refractivity (Wildman–Crippen MR) is 124 cm³/mol. The molecule has 2 aromatic carbocycles. The standard InChI is InChI=1S/C25H33NO3S/c1-3-4-5-6-10-13-24(27)26-16-17-30-25(26)21-14-15-22(28-2)23(18-21)29-19-20-11-8-7-9-12-20/h7-9,11-12,14-15,18,25H,3-6,10,13,16-17,19H2,1-2H3. The van der Waals surface area contributed by atoms with E-state index in [0.717, 1.165) is 42.0 Å². The summed E-state index contributed by atoms with van der Waals surface area (Å²) in [6.07, 6.45) is 6.49. The van der Waals surface area contributed by atoms with Gasteiger partial charge in [-0.05, 0) is 29.7 Å². The molecule has 3 rings (SSSR count). The van der Waals surface area contributed by atoms with Crippen LogP contribution >= 0.6 is 11.8 Å². The molecule has 2 aromatic rings. The van der Waals surface area contributed by atoms with E-state index in [0.29, 0.717) is 18.8 Å². The van der Waals surface area contributed by atoms with E-state index in [9.17, 15) is 4.79 Å². The lowest BCUT2D eigenvalue weighted by atomic mass is 10.1. The highest BCUT2D eigenvalue weighted by atomic mass is 32.2. The van der Waals surface area contributed by atoms with Crippen molar-refractivity contribution >= 4 is 17.7 Å². The molecule has 1 fully saturated rings. The number of amides is 1. The molecule has 4 nitrogen and oxygen atoms in total. The highest BCUT2D eigenvalue weighted by molar-refractivity contribution is 7.99. The van der Waals surface area contributed by atoms with Crippen molar-refractivity contribution < 1.29 is 14.3 Å². The van der Waals surface area contributed by atoms with Crippen LogP contribution in [0, 0.1) is 0 Å². The first-order chi connectivity index (χ1) is 14.7.